The maximum Gasteiger partial charge on any atom is 0.139 e. The molecule has 0 heterocycles. The number of nitrogens with zero attached hydrogens (tertiary/aromatic N) is 3. The highest BCUT2D eigenvalue weighted by Gasteiger charge is 2.09. The SMILES string of the molecule is CCNC(CCCCc1cccc(C#N)c1)CNC(/N=C\C(C)F)=C(/C)C#N. The molecule has 1 rings (SSSR count). The zero-order chi connectivity index (χ0) is 20.8. The van der Waals surface area contributed by atoms with Gasteiger partial charge in [0.1, 0.15) is 12.0 Å². The Morgan fingerprint density at radius 1 is 1.32 bits per heavy atom. The fourth-order valence-corrected chi connectivity index (χ4v) is 2.81. The summed E-state index contributed by atoms with van der Waals surface area (Å²) in [5.74, 6) is 0.420. The lowest BCUT2D eigenvalue weighted by molar-refractivity contribution is 0.452. The van der Waals surface area contributed by atoms with Crippen molar-refractivity contribution in [3.8, 4) is 12.1 Å². The van der Waals surface area contributed by atoms with E-state index in [4.69, 9.17) is 10.5 Å². The molecule has 0 amide bonds. The molecule has 0 radical (unpaired) electrons. The lowest BCUT2D eigenvalue weighted by Crippen LogP contribution is -2.38. The van der Waals surface area contributed by atoms with Crippen molar-refractivity contribution >= 4 is 6.21 Å². The standard InChI is InChI=1S/C22H30FN5/c1-4-26-21(16-28-22(17(2)13-24)27-15-18(3)23)11-6-5-8-19-9-7-10-20(12-19)14-25/h7,9-10,12,15,18,21,26,28H,4-6,8,11,16H2,1-3H3/b22-17-,27-15-. The third kappa shape index (κ3) is 9.30. The van der Waals surface area contributed by atoms with Crippen LogP contribution in [0, 0.1) is 22.7 Å². The molecular weight excluding hydrogens is 353 g/mol. The Hall–Kier alpha value is -2.70. The van der Waals surface area contributed by atoms with Gasteiger partial charge in [-0.3, -0.25) is 0 Å². The van der Waals surface area contributed by atoms with Gasteiger partial charge in [-0.15, -0.1) is 0 Å². The maximum atomic E-state index is 13.0. The van der Waals surface area contributed by atoms with Crippen LogP contribution in [0.25, 0.3) is 0 Å². The number of alkyl halides is 1. The van der Waals surface area contributed by atoms with E-state index in [1.807, 2.05) is 18.2 Å². The van der Waals surface area contributed by atoms with Crippen LogP contribution in [0.1, 0.15) is 51.2 Å². The van der Waals surface area contributed by atoms with Crippen molar-refractivity contribution in [3.63, 3.8) is 0 Å². The van der Waals surface area contributed by atoms with E-state index >= 15 is 0 Å². The zero-order valence-electron chi connectivity index (χ0n) is 17.0. The third-order valence-electron chi connectivity index (χ3n) is 4.26. The summed E-state index contributed by atoms with van der Waals surface area (Å²) in [6.45, 7) is 6.58. The highest BCUT2D eigenvalue weighted by molar-refractivity contribution is 5.63. The van der Waals surface area contributed by atoms with E-state index in [1.165, 1.54) is 18.7 Å². The van der Waals surface area contributed by atoms with E-state index in [2.05, 4.69) is 40.8 Å². The van der Waals surface area contributed by atoms with Crippen LogP contribution in [-0.2, 0) is 6.42 Å². The predicted molar refractivity (Wildman–Crippen MR) is 112 cm³/mol. The second kappa shape index (κ2) is 13.5. The maximum absolute atomic E-state index is 13.0. The fourth-order valence-electron chi connectivity index (χ4n) is 2.81. The number of aryl methyl sites for hydroxylation is 1. The summed E-state index contributed by atoms with van der Waals surface area (Å²) in [6.07, 6.45) is 4.03. The minimum Gasteiger partial charge on any atom is -0.368 e. The summed E-state index contributed by atoms with van der Waals surface area (Å²) in [7, 11) is 0. The lowest BCUT2D eigenvalue weighted by Gasteiger charge is -2.19. The minimum atomic E-state index is -1.16. The van der Waals surface area contributed by atoms with E-state index in [9.17, 15) is 4.39 Å². The van der Waals surface area contributed by atoms with Gasteiger partial charge >= 0.3 is 0 Å². The van der Waals surface area contributed by atoms with Crippen LogP contribution in [-0.4, -0.2) is 31.5 Å². The Bertz CT molecular complexity index is 740. The summed E-state index contributed by atoms with van der Waals surface area (Å²) in [6, 6.07) is 12.2. The quantitative estimate of drug-likeness (QED) is 0.324. The minimum absolute atomic E-state index is 0.231. The molecule has 0 spiro atoms. The number of likely N-dealkylation sites (N-methyl/N-ethyl adjacent to an activating group) is 1. The molecule has 150 valence electrons. The van der Waals surface area contributed by atoms with E-state index in [0.29, 0.717) is 23.5 Å². The Morgan fingerprint density at radius 2 is 2.11 bits per heavy atom. The van der Waals surface area contributed by atoms with Crippen LogP contribution in [0.5, 0.6) is 0 Å². The molecule has 0 aliphatic carbocycles. The third-order valence-corrected chi connectivity index (χ3v) is 4.26. The van der Waals surface area contributed by atoms with Gasteiger partial charge in [-0.2, -0.15) is 10.5 Å². The van der Waals surface area contributed by atoms with Crippen LogP contribution in [0.2, 0.25) is 0 Å². The Kier molecular flexibility index (Phi) is 11.2. The first-order valence-electron chi connectivity index (χ1n) is 9.75. The van der Waals surface area contributed by atoms with E-state index in [-0.39, 0.29) is 6.04 Å². The van der Waals surface area contributed by atoms with Gasteiger partial charge in [0.2, 0.25) is 0 Å². The second-order valence-electron chi connectivity index (χ2n) is 6.73. The first-order valence-corrected chi connectivity index (χ1v) is 9.75. The molecule has 0 saturated heterocycles. The number of rotatable bonds is 12. The van der Waals surface area contributed by atoms with Crippen molar-refractivity contribution < 1.29 is 4.39 Å². The summed E-state index contributed by atoms with van der Waals surface area (Å²) in [5.41, 5.74) is 2.31. The van der Waals surface area contributed by atoms with Gasteiger partial charge in [-0.1, -0.05) is 25.5 Å². The average molecular weight is 384 g/mol. The van der Waals surface area contributed by atoms with Crippen molar-refractivity contribution in [2.45, 2.75) is 58.7 Å². The molecular formula is C22H30FN5. The van der Waals surface area contributed by atoms with E-state index in [0.717, 1.165) is 32.2 Å². The number of hydrogen-bond acceptors (Lipinski definition) is 5. The monoisotopic (exact) mass is 383 g/mol. The first kappa shape index (κ1) is 23.3. The van der Waals surface area contributed by atoms with Gasteiger partial charge in [0.05, 0.1) is 23.3 Å². The van der Waals surface area contributed by atoms with Crippen molar-refractivity contribution in [2.24, 2.45) is 4.99 Å². The van der Waals surface area contributed by atoms with Gasteiger partial charge in [0.25, 0.3) is 0 Å². The number of hydrogen-bond donors (Lipinski definition) is 2. The number of benzene rings is 1. The highest BCUT2D eigenvalue weighted by Crippen LogP contribution is 2.11. The highest BCUT2D eigenvalue weighted by atomic mass is 19.1. The smallest absolute Gasteiger partial charge is 0.139 e. The van der Waals surface area contributed by atoms with Crippen LogP contribution < -0.4 is 10.6 Å². The van der Waals surface area contributed by atoms with Gasteiger partial charge in [-0.25, -0.2) is 9.38 Å². The summed E-state index contributed by atoms with van der Waals surface area (Å²) < 4.78 is 13.0. The number of nitrogens with one attached hydrogen (secondary N) is 2. The summed E-state index contributed by atoms with van der Waals surface area (Å²) in [5, 5.41) is 24.7. The topological polar surface area (TPSA) is 84.0 Å². The Balaban J connectivity index is 2.53. The van der Waals surface area contributed by atoms with Crippen LogP contribution in [0.15, 0.2) is 40.7 Å². The molecule has 0 aliphatic rings. The summed E-state index contributed by atoms with van der Waals surface area (Å²) in [4.78, 5) is 4.07. The normalized spacial score (nSPS) is 14.1. The Morgan fingerprint density at radius 3 is 2.75 bits per heavy atom. The van der Waals surface area contributed by atoms with Crippen LogP contribution >= 0.6 is 0 Å². The predicted octanol–water partition coefficient (Wildman–Crippen LogP) is 4.02. The van der Waals surface area contributed by atoms with Gasteiger partial charge < -0.3 is 10.6 Å². The van der Waals surface area contributed by atoms with Crippen molar-refractivity contribution in [2.75, 3.05) is 13.1 Å². The molecule has 2 unspecified atom stereocenters. The zero-order valence-corrected chi connectivity index (χ0v) is 17.0. The van der Waals surface area contributed by atoms with Crippen LogP contribution in [0.4, 0.5) is 4.39 Å². The lowest BCUT2D eigenvalue weighted by atomic mass is 10.0. The molecule has 28 heavy (non-hydrogen) atoms. The molecule has 5 nitrogen and oxygen atoms in total. The van der Waals surface area contributed by atoms with E-state index in [1.54, 1.807) is 6.92 Å². The molecule has 2 atom stereocenters. The molecule has 0 fully saturated rings. The number of aliphatic imine (C=N–C) groups is 1. The second-order valence-corrected chi connectivity index (χ2v) is 6.73. The fraction of sp³-hybridized carbons (Fsp3) is 0.500. The molecule has 0 bridgehead atoms. The van der Waals surface area contributed by atoms with Gasteiger partial charge in [0.15, 0.2) is 0 Å². The largest absolute Gasteiger partial charge is 0.368 e. The average Bonchev–Trinajstić information content (AvgIpc) is 2.70. The first-order chi connectivity index (χ1) is 13.5. The van der Waals surface area contributed by atoms with Crippen LogP contribution in [0.3, 0.4) is 0 Å². The van der Waals surface area contributed by atoms with Crippen molar-refractivity contribution in [1.82, 2.24) is 10.6 Å². The van der Waals surface area contributed by atoms with Gasteiger partial charge in [0, 0.05) is 18.8 Å². The number of nitriles is 2. The molecule has 0 saturated carbocycles. The molecule has 2 N–H and O–H groups in total. The Labute approximate surface area is 168 Å². The molecule has 0 aliphatic heterocycles. The molecule has 0 aromatic heterocycles. The summed E-state index contributed by atoms with van der Waals surface area (Å²) >= 11 is 0. The van der Waals surface area contributed by atoms with E-state index < -0.39 is 6.17 Å². The van der Waals surface area contributed by atoms with Crippen molar-refractivity contribution in [1.29, 1.82) is 10.5 Å². The van der Waals surface area contributed by atoms with Gasteiger partial charge in [-0.05, 0) is 57.4 Å². The number of allylic oxidation sites excluding steroid dienone is 1. The number of unbranched alkanes of at least 4 members (excludes halogenated alkanes) is 1. The molecule has 6 heteroatoms. The van der Waals surface area contributed by atoms with Crippen molar-refractivity contribution in [3.05, 3.63) is 46.8 Å². The molecule has 1 aromatic carbocycles. The number of halogens is 1. The molecule has 1 aromatic rings.